The maximum atomic E-state index is 11.8. The van der Waals surface area contributed by atoms with Gasteiger partial charge < -0.3 is 5.11 Å². The second kappa shape index (κ2) is 7.22. The van der Waals surface area contributed by atoms with Gasteiger partial charge in [0.15, 0.2) is 0 Å². The monoisotopic (exact) mass is 178 g/mol. The fraction of sp³-hybridized carbons (Fsp3) is 0.778. The lowest BCUT2D eigenvalue weighted by atomic mass is 10.1. The van der Waals surface area contributed by atoms with Gasteiger partial charge >= 0.3 is 0 Å². The van der Waals surface area contributed by atoms with E-state index in [1.165, 1.54) is 6.92 Å². The number of halogens is 2. The Morgan fingerprint density at radius 3 is 2.17 bits per heavy atom. The SMILES string of the molecule is CC(CCCCCCO)=C(F)F. The zero-order valence-electron chi connectivity index (χ0n) is 7.45. The van der Waals surface area contributed by atoms with Crippen LogP contribution in [0.15, 0.2) is 11.7 Å². The molecule has 1 N–H and O–H groups in total. The molecule has 0 aromatic rings. The van der Waals surface area contributed by atoms with Crippen LogP contribution in [0.1, 0.15) is 39.0 Å². The van der Waals surface area contributed by atoms with Gasteiger partial charge in [0, 0.05) is 6.61 Å². The van der Waals surface area contributed by atoms with Crippen molar-refractivity contribution in [3.8, 4) is 0 Å². The number of aliphatic hydroxyl groups excluding tert-OH is 1. The molecule has 0 aromatic heterocycles. The zero-order chi connectivity index (χ0) is 9.40. The molecule has 0 radical (unpaired) electrons. The van der Waals surface area contributed by atoms with E-state index in [9.17, 15) is 8.78 Å². The summed E-state index contributed by atoms with van der Waals surface area (Å²) in [5.41, 5.74) is 0.194. The Morgan fingerprint density at radius 2 is 1.67 bits per heavy atom. The molecule has 0 fully saturated rings. The number of allylic oxidation sites excluding steroid dienone is 1. The Labute approximate surface area is 72.1 Å². The summed E-state index contributed by atoms with van der Waals surface area (Å²) in [6.45, 7) is 1.66. The van der Waals surface area contributed by atoms with Gasteiger partial charge in [0.25, 0.3) is 6.08 Å². The Morgan fingerprint density at radius 1 is 1.08 bits per heavy atom. The minimum absolute atomic E-state index is 0.194. The summed E-state index contributed by atoms with van der Waals surface area (Å²) in [5.74, 6) is 0. The van der Waals surface area contributed by atoms with E-state index in [0.717, 1.165) is 25.7 Å². The van der Waals surface area contributed by atoms with Gasteiger partial charge in [-0.3, -0.25) is 0 Å². The molecule has 0 aliphatic rings. The van der Waals surface area contributed by atoms with Crippen LogP contribution in [0.3, 0.4) is 0 Å². The lowest BCUT2D eigenvalue weighted by molar-refractivity contribution is 0.282. The molecule has 1 nitrogen and oxygen atoms in total. The summed E-state index contributed by atoms with van der Waals surface area (Å²) in [4.78, 5) is 0. The highest BCUT2D eigenvalue weighted by Gasteiger charge is 1.98. The van der Waals surface area contributed by atoms with Crippen molar-refractivity contribution in [2.24, 2.45) is 0 Å². The van der Waals surface area contributed by atoms with E-state index in [4.69, 9.17) is 5.11 Å². The molecule has 0 amide bonds. The van der Waals surface area contributed by atoms with Gasteiger partial charge in [-0.25, -0.2) is 0 Å². The highest BCUT2D eigenvalue weighted by molar-refractivity contribution is 4.97. The summed E-state index contributed by atoms with van der Waals surface area (Å²) >= 11 is 0. The van der Waals surface area contributed by atoms with Crippen molar-refractivity contribution in [1.29, 1.82) is 0 Å². The molecule has 3 heteroatoms. The van der Waals surface area contributed by atoms with Gasteiger partial charge in [-0.15, -0.1) is 0 Å². The third kappa shape index (κ3) is 6.28. The summed E-state index contributed by atoms with van der Waals surface area (Å²) in [7, 11) is 0. The molecule has 0 rings (SSSR count). The molecular weight excluding hydrogens is 162 g/mol. The second-order valence-electron chi connectivity index (χ2n) is 2.93. The van der Waals surface area contributed by atoms with Gasteiger partial charge in [-0.05, 0) is 31.8 Å². The predicted molar refractivity (Wildman–Crippen MR) is 45.1 cm³/mol. The molecule has 72 valence electrons. The minimum Gasteiger partial charge on any atom is -0.396 e. The third-order valence-corrected chi connectivity index (χ3v) is 1.78. The normalized spacial score (nSPS) is 10.0. The summed E-state index contributed by atoms with van der Waals surface area (Å²) in [6.07, 6.45) is 2.36. The predicted octanol–water partition coefficient (Wildman–Crippen LogP) is 3.10. The van der Waals surface area contributed by atoms with E-state index in [0.29, 0.717) is 6.42 Å². The first kappa shape index (κ1) is 11.6. The van der Waals surface area contributed by atoms with Gasteiger partial charge in [0.1, 0.15) is 0 Å². The molecule has 12 heavy (non-hydrogen) atoms. The van der Waals surface area contributed by atoms with Crippen LogP contribution in [-0.4, -0.2) is 11.7 Å². The van der Waals surface area contributed by atoms with E-state index >= 15 is 0 Å². The molecule has 0 aromatic carbocycles. The molecule has 0 spiro atoms. The summed E-state index contributed by atoms with van der Waals surface area (Å²) < 4.78 is 23.7. The van der Waals surface area contributed by atoms with Gasteiger partial charge in [-0.2, -0.15) is 8.78 Å². The number of aliphatic hydroxyl groups is 1. The molecule has 0 saturated carbocycles. The van der Waals surface area contributed by atoms with Crippen LogP contribution in [0.2, 0.25) is 0 Å². The molecule has 0 atom stereocenters. The average Bonchev–Trinajstić information content (AvgIpc) is 2.03. The number of rotatable bonds is 6. The first-order valence-electron chi connectivity index (χ1n) is 4.30. The van der Waals surface area contributed by atoms with Gasteiger partial charge in [0.2, 0.25) is 0 Å². The van der Waals surface area contributed by atoms with Crippen LogP contribution in [0.4, 0.5) is 8.78 Å². The van der Waals surface area contributed by atoms with Crippen molar-refractivity contribution < 1.29 is 13.9 Å². The largest absolute Gasteiger partial charge is 0.396 e. The smallest absolute Gasteiger partial charge is 0.269 e. The van der Waals surface area contributed by atoms with Crippen LogP contribution in [0.5, 0.6) is 0 Å². The van der Waals surface area contributed by atoms with Crippen LogP contribution < -0.4 is 0 Å². The standard InChI is InChI=1S/C9H16F2O/c1-8(9(10)11)6-4-2-3-5-7-12/h12H,2-7H2,1H3. The fourth-order valence-corrected chi connectivity index (χ4v) is 0.950. The first-order chi connectivity index (χ1) is 5.68. The summed E-state index contributed by atoms with van der Waals surface area (Å²) in [6, 6.07) is 0. The fourth-order valence-electron chi connectivity index (χ4n) is 0.950. The molecule has 0 saturated heterocycles. The Balaban J connectivity index is 3.26. The number of hydrogen-bond donors (Lipinski definition) is 1. The summed E-state index contributed by atoms with van der Waals surface area (Å²) in [5, 5.41) is 8.43. The van der Waals surface area contributed by atoms with Crippen molar-refractivity contribution in [2.45, 2.75) is 39.0 Å². The van der Waals surface area contributed by atoms with Crippen LogP contribution in [0.25, 0.3) is 0 Å². The molecule has 0 bridgehead atoms. The minimum atomic E-state index is -1.54. The van der Waals surface area contributed by atoms with Crippen molar-refractivity contribution in [1.82, 2.24) is 0 Å². The number of hydrogen-bond acceptors (Lipinski definition) is 1. The highest BCUT2D eigenvalue weighted by Crippen LogP contribution is 2.14. The molecular formula is C9H16F2O. The second-order valence-corrected chi connectivity index (χ2v) is 2.93. The maximum Gasteiger partial charge on any atom is 0.269 e. The Hall–Kier alpha value is -0.440. The topological polar surface area (TPSA) is 20.2 Å². The molecule has 0 aliphatic heterocycles. The van der Waals surface area contributed by atoms with Crippen molar-refractivity contribution in [3.63, 3.8) is 0 Å². The van der Waals surface area contributed by atoms with E-state index < -0.39 is 6.08 Å². The van der Waals surface area contributed by atoms with E-state index in [2.05, 4.69) is 0 Å². The van der Waals surface area contributed by atoms with Crippen LogP contribution in [-0.2, 0) is 0 Å². The van der Waals surface area contributed by atoms with Gasteiger partial charge in [0.05, 0.1) is 0 Å². The van der Waals surface area contributed by atoms with Gasteiger partial charge in [-0.1, -0.05) is 12.8 Å². The van der Waals surface area contributed by atoms with Crippen molar-refractivity contribution in [3.05, 3.63) is 11.7 Å². The zero-order valence-corrected chi connectivity index (χ0v) is 7.45. The van der Waals surface area contributed by atoms with E-state index in [1.807, 2.05) is 0 Å². The Bertz CT molecular complexity index is 139. The maximum absolute atomic E-state index is 11.8. The lowest BCUT2D eigenvalue weighted by Gasteiger charge is -1.99. The number of unbranched alkanes of at least 4 members (excludes halogenated alkanes) is 3. The average molecular weight is 178 g/mol. The molecule has 0 aliphatic carbocycles. The first-order valence-corrected chi connectivity index (χ1v) is 4.30. The Kier molecular flexibility index (Phi) is 6.96. The van der Waals surface area contributed by atoms with E-state index in [1.54, 1.807) is 0 Å². The van der Waals surface area contributed by atoms with Crippen LogP contribution >= 0.6 is 0 Å². The lowest BCUT2D eigenvalue weighted by Crippen LogP contribution is -1.85. The van der Waals surface area contributed by atoms with Crippen LogP contribution in [0, 0.1) is 0 Å². The molecule has 0 unspecified atom stereocenters. The highest BCUT2D eigenvalue weighted by atomic mass is 19.3. The third-order valence-electron chi connectivity index (χ3n) is 1.78. The quantitative estimate of drug-likeness (QED) is 0.619. The van der Waals surface area contributed by atoms with Crippen molar-refractivity contribution >= 4 is 0 Å². The van der Waals surface area contributed by atoms with Crippen molar-refractivity contribution in [2.75, 3.05) is 6.61 Å². The molecule has 0 heterocycles. The van der Waals surface area contributed by atoms with E-state index in [-0.39, 0.29) is 12.2 Å².